The number of likely N-dealkylation sites (tertiary alicyclic amines) is 1. The maximum atomic E-state index is 12.7. The molecule has 1 aliphatic heterocycles. The van der Waals surface area contributed by atoms with Crippen molar-refractivity contribution in [3.05, 3.63) is 71.0 Å². The van der Waals surface area contributed by atoms with Crippen molar-refractivity contribution < 1.29 is 27.3 Å². The van der Waals surface area contributed by atoms with Crippen molar-refractivity contribution in [3.8, 4) is 11.5 Å². The number of alkyl halides is 3. The highest BCUT2D eigenvalue weighted by atomic mass is 19.4. The van der Waals surface area contributed by atoms with Gasteiger partial charge < -0.3 is 14.3 Å². The molecule has 2 amide bonds. The van der Waals surface area contributed by atoms with E-state index in [1.54, 1.807) is 31.3 Å². The number of amides is 2. The monoisotopic (exact) mass is 486 g/mol. The first-order valence-corrected chi connectivity index (χ1v) is 11.4. The van der Waals surface area contributed by atoms with Crippen LogP contribution < -0.4 is 0 Å². The molecule has 4 rings (SSSR count). The lowest BCUT2D eigenvalue weighted by atomic mass is 10.1. The fourth-order valence-electron chi connectivity index (χ4n) is 3.90. The Morgan fingerprint density at radius 3 is 2.23 bits per heavy atom. The smallest absolute Gasteiger partial charge is 0.341 e. The zero-order valence-corrected chi connectivity index (χ0v) is 19.2. The predicted octanol–water partition coefficient (Wildman–Crippen LogP) is 4.70. The fourth-order valence-corrected chi connectivity index (χ4v) is 3.90. The molecule has 0 saturated carbocycles. The van der Waals surface area contributed by atoms with Crippen molar-refractivity contribution in [1.29, 1.82) is 0 Å². The van der Waals surface area contributed by atoms with Crippen LogP contribution in [0, 0.1) is 0 Å². The quantitative estimate of drug-likeness (QED) is 0.505. The van der Waals surface area contributed by atoms with Crippen LogP contribution in [0.25, 0.3) is 11.5 Å². The second-order valence-electron chi connectivity index (χ2n) is 8.50. The van der Waals surface area contributed by atoms with Gasteiger partial charge in [-0.3, -0.25) is 9.59 Å². The summed E-state index contributed by atoms with van der Waals surface area (Å²) in [4.78, 5) is 32.7. The number of halogens is 3. The van der Waals surface area contributed by atoms with Gasteiger partial charge in [-0.1, -0.05) is 5.16 Å². The molecule has 0 aliphatic carbocycles. The second-order valence-corrected chi connectivity index (χ2v) is 8.50. The second kappa shape index (κ2) is 10.3. The number of hydrogen-bond donors (Lipinski definition) is 0. The Kier molecular flexibility index (Phi) is 7.18. The molecule has 1 aromatic heterocycles. The lowest BCUT2D eigenvalue weighted by Gasteiger charge is -2.26. The standard InChI is InChI=1S/C25H25F3N4O3/c1-31(23(33)18-9-11-20(12-10-18)25(26,27)28)16-13-21-29-22(35-30-21)17-5-7-19(8-6-17)24(34)32-14-3-2-4-15-32/h5-12H,2-4,13-16H2,1H3. The SMILES string of the molecule is CN(CCc1noc(-c2ccc(C(=O)N3CCCCC3)cc2)n1)C(=O)c1ccc(C(F)(F)F)cc1. The topological polar surface area (TPSA) is 79.5 Å². The van der Waals surface area contributed by atoms with Crippen LogP contribution in [0.3, 0.4) is 0 Å². The van der Waals surface area contributed by atoms with Crippen LogP contribution >= 0.6 is 0 Å². The number of nitrogens with zero attached hydrogens (tertiary/aromatic N) is 4. The summed E-state index contributed by atoms with van der Waals surface area (Å²) in [6.07, 6.45) is -0.939. The van der Waals surface area contributed by atoms with Crippen LogP contribution in [-0.2, 0) is 12.6 Å². The van der Waals surface area contributed by atoms with Gasteiger partial charge >= 0.3 is 6.18 Å². The van der Waals surface area contributed by atoms with Crippen LogP contribution in [0.2, 0.25) is 0 Å². The van der Waals surface area contributed by atoms with Crippen molar-refractivity contribution in [2.24, 2.45) is 0 Å². The molecule has 2 heterocycles. The van der Waals surface area contributed by atoms with Gasteiger partial charge in [-0.25, -0.2) is 0 Å². The Morgan fingerprint density at radius 1 is 0.971 bits per heavy atom. The lowest BCUT2D eigenvalue weighted by molar-refractivity contribution is -0.137. The molecule has 1 saturated heterocycles. The third-order valence-corrected chi connectivity index (χ3v) is 5.97. The molecule has 0 radical (unpaired) electrons. The summed E-state index contributed by atoms with van der Waals surface area (Å²) in [5.41, 5.74) is 0.639. The van der Waals surface area contributed by atoms with Crippen molar-refractivity contribution in [2.45, 2.75) is 31.9 Å². The van der Waals surface area contributed by atoms with Gasteiger partial charge in [0.1, 0.15) is 0 Å². The van der Waals surface area contributed by atoms with E-state index < -0.39 is 17.6 Å². The zero-order valence-electron chi connectivity index (χ0n) is 19.2. The minimum absolute atomic E-state index is 0.0169. The molecule has 0 unspecified atom stereocenters. The number of carbonyl (C=O) groups is 2. The van der Waals surface area contributed by atoms with Gasteiger partial charge in [0.05, 0.1) is 5.56 Å². The predicted molar refractivity (Wildman–Crippen MR) is 122 cm³/mol. The highest BCUT2D eigenvalue weighted by Gasteiger charge is 2.30. The first kappa shape index (κ1) is 24.4. The number of rotatable bonds is 6. The Morgan fingerprint density at radius 2 is 1.60 bits per heavy atom. The van der Waals surface area contributed by atoms with Crippen LogP contribution in [0.15, 0.2) is 53.1 Å². The molecule has 2 aromatic carbocycles. The van der Waals surface area contributed by atoms with Gasteiger partial charge in [0, 0.05) is 49.8 Å². The molecule has 1 fully saturated rings. The molecule has 0 bridgehead atoms. The first-order chi connectivity index (χ1) is 16.7. The van der Waals surface area contributed by atoms with Gasteiger partial charge in [0.2, 0.25) is 0 Å². The van der Waals surface area contributed by atoms with E-state index in [2.05, 4.69) is 10.1 Å². The molecule has 0 N–H and O–H groups in total. The summed E-state index contributed by atoms with van der Waals surface area (Å²) in [6, 6.07) is 11.1. The van der Waals surface area contributed by atoms with E-state index in [1.807, 2.05) is 4.90 Å². The van der Waals surface area contributed by atoms with Crippen molar-refractivity contribution in [2.75, 3.05) is 26.7 Å². The maximum absolute atomic E-state index is 12.7. The van der Waals surface area contributed by atoms with E-state index in [1.165, 1.54) is 4.90 Å². The number of piperidine rings is 1. The summed E-state index contributed by atoms with van der Waals surface area (Å²) in [6.45, 7) is 1.81. The Hall–Kier alpha value is -3.69. The van der Waals surface area contributed by atoms with Crippen LogP contribution in [0.1, 0.15) is 51.4 Å². The van der Waals surface area contributed by atoms with Gasteiger partial charge in [0.25, 0.3) is 17.7 Å². The Balaban J connectivity index is 1.33. The summed E-state index contributed by atoms with van der Waals surface area (Å²) in [5, 5.41) is 3.94. The summed E-state index contributed by atoms with van der Waals surface area (Å²) < 4.78 is 43.5. The normalized spacial score (nSPS) is 14.1. The Bertz CT molecular complexity index is 1170. The van der Waals surface area contributed by atoms with Crippen LogP contribution in [0.4, 0.5) is 13.2 Å². The fraction of sp³-hybridized carbons (Fsp3) is 0.360. The minimum atomic E-state index is -4.45. The third-order valence-electron chi connectivity index (χ3n) is 5.97. The van der Waals surface area contributed by atoms with Gasteiger partial charge in [-0.05, 0) is 67.8 Å². The van der Waals surface area contributed by atoms with E-state index in [9.17, 15) is 22.8 Å². The van der Waals surface area contributed by atoms with E-state index in [0.29, 0.717) is 29.3 Å². The Labute approximate surface area is 200 Å². The van der Waals surface area contributed by atoms with Gasteiger partial charge in [-0.2, -0.15) is 18.2 Å². The molecule has 0 atom stereocenters. The number of hydrogen-bond acceptors (Lipinski definition) is 5. The molecule has 10 heteroatoms. The average molecular weight is 486 g/mol. The number of likely N-dealkylation sites (N-methyl/N-ethyl adjacent to an activating group) is 1. The van der Waals surface area contributed by atoms with E-state index in [0.717, 1.165) is 56.6 Å². The number of aromatic nitrogens is 2. The molecule has 184 valence electrons. The molecule has 7 nitrogen and oxygen atoms in total. The van der Waals surface area contributed by atoms with E-state index in [4.69, 9.17) is 4.52 Å². The maximum Gasteiger partial charge on any atom is 0.416 e. The largest absolute Gasteiger partial charge is 0.416 e. The zero-order chi connectivity index (χ0) is 25.0. The van der Waals surface area contributed by atoms with E-state index in [-0.39, 0.29) is 18.0 Å². The third kappa shape index (κ3) is 5.87. The summed E-state index contributed by atoms with van der Waals surface area (Å²) in [7, 11) is 1.55. The van der Waals surface area contributed by atoms with E-state index >= 15 is 0 Å². The van der Waals surface area contributed by atoms with Gasteiger partial charge in [0.15, 0.2) is 5.82 Å². The molecule has 35 heavy (non-hydrogen) atoms. The molecule has 3 aromatic rings. The molecular weight excluding hydrogens is 461 g/mol. The van der Waals surface area contributed by atoms with Gasteiger partial charge in [-0.15, -0.1) is 0 Å². The van der Waals surface area contributed by atoms with Crippen molar-refractivity contribution in [3.63, 3.8) is 0 Å². The molecule has 0 spiro atoms. The molecular formula is C25H25F3N4O3. The van der Waals surface area contributed by atoms with Crippen molar-refractivity contribution in [1.82, 2.24) is 19.9 Å². The summed E-state index contributed by atoms with van der Waals surface area (Å²) >= 11 is 0. The lowest BCUT2D eigenvalue weighted by Crippen LogP contribution is -2.35. The summed E-state index contributed by atoms with van der Waals surface area (Å²) in [5.74, 6) is 0.300. The first-order valence-electron chi connectivity index (χ1n) is 11.4. The number of carbonyl (C=O) groups excluding carboxylic acids is 2. The molecule has 1 aliphatic rings. The number of benzene rings is 2. The highest BCUT2D eigenvalue weighted by Crippen LogP contribution is 2.29. The highest BCUT2D eigenvalue weighted by molar-refractivity contribution is 5.95. The average Bonchev–Trinajstić information content (AvgIpc) is 3.35. The van der Waals surface area contributed by atoms with Crippen molar-refractivity contribution >= 4 is 11.8 Å². The van der Waals surface area contributed by atoms with Crippen LogP contribution in [0.5, 0.6) is 0 Å². The van der Waals surface area contributed by atoms with Crippen LogP contribution in [-0.4, -0.2) is 58.4 Å². The minimum Gasteiger partial charge on any atom is -0.341 e.